The molecule has 1 atom stereocenters. The molecule has 0 aromatic carbocycles. The second kappa shape index (κ2) is 15.4. The van der Waals surface area contributed by atoms with Crippen LogP contribution in [0.2, 0.25) is 0 Å². The average Bonchev–Trinajstić information content (AvgIpc) is 1.97. The van der Waals surface area contributed by atoms with Crippen LogP contribution in [0.5, 0.6) is 0 Å². The van der Waals surface area contributed by atoms with Crippen LogP contribution in [0.25, 0.3) is 0 Å². The van der Waals surface area contributed by atoms with E-state index in [2.05, 4.69) is 0 Å². The van der Waals surface area contributed by atoms with Crippen LogP contribution in [0, 0.1) is 0 Å². The Morgan fingerprint density at radius 3 is 2.21 bits per heavy atom. The molecule has 0 saturated carbocycles. The van der Waals surface area contributed by atoms with Crippen molar-refractivity contribution in [3.05, 3.63) is 0 Å². The number of carboxylic acids is 1. The van der Waals surface area contributed by atoms with Gasteiger partial charge in [-0.15, -0.1) is 0 Å². The van der Waals surface area contributed by atoms with Crippen molar-refractivity contribution < 1.29 is 44.0 Å². The van der Waals surface area contributed by atoms with Crippen LogP contribution in [0.4, 0.5) is 0 Å². The van der Waals surface area contributed by atoms with Crippen LogP contribution in [0.1, 0.15) is 13.8 Å². The molecule has 0 heterocycles. The molecule has 0 bridgehead atoms. The minimum atomic E-state index is -1.08. The average molecular weight is 259 g/mol. The van der Waals surface area contributed by atoms with Crippen molar-refractivity contribution in [2.75, 3.05) is 26.9 Å². The standard InChI is InChI=1S/C6H14O3.C2H4O2.Zn/c1-6(7)5-9-4-3-8-2;1-2(3)4;/h6-7H,3-5H2,1-2H3;1H3,(H,3,4);/p-1. The molecule has 1 N–H and O–H groups in total. The zero-order valence-electron chi connectivity index (χ0n) is 8.99. The first-order chi connectivity index (χ1) is 6.00. The summed E-state index contributed by atoms with van der Waals surface area (Å²) in [5, 5.41) is 17.6. The van der Waals surface area contributed by atoms with Crippen LogP contribution in [-0.2, 0) is 33.7 Å². The fourth-order valence-electron chi connectivity index (χ4n) is 0.396. The summed E-state index contributed by atoms with van der Waals surface area (Å²) in [6, 6.07) is 0. The summed E-state index contributed by atoms with van der Waals surface area (Å²) < 4.78 is 9.68. The number of carboxylic acid groups (broad SMARTS) is 1. The van der Waals surface area contributed by atoms with Gasteiger partial charge in [0.05, 0.1) is 25.9 Å². The molecular weight excluding hydrogens is 241 g/mol. The quantitative estimate of drug-likeness (QED) is 0.494. The van der Waals surface area contributed by atoms with Gasteiger partial charge in [0.2, 0.25) is 0 Å². The molecule has 0 fully saturated rings. The number of carbonyl (C=O) groups is 1. The Balaban J connectivity index is -0.000000209. The van der Waals surface area contributed by atoms with Crippen molar-refractivity contribution >= 4 is 5.97 Å². The maximum Gasteiger partial charge on any atom is 0.0745 e. The van der Waals surface area contributed by atoms with Crippen LogP contribution in [0.15, 0.2) is 0 Å². The molecule has 0 spiro atoms. The molecule has 0 aromatic heterocycles. The molecular formula is C8H17O5Zn-. The molecule has 6 heteroatoms. The number of aliphatic hydroxyl groups excluding tert-OH is 1. The van der Waals surface area contributed by atoms with E-state index in [1.54, 1.807) is 14.0 Å². The summed E-state index contributed by atoms with van der Waals surface area (Å²) >= 11 is 0. The van der Waals surface area contributed by atoms with E-state index in [1.807, 2.05) is 0 Å². The number of carbonyl (C=O) groups excluding carboxylic acids is 1. The van der Waals surface area contributed by atoms with Gasteiger partial charge in [-0.05, 0) is 13.8 Å². The van der Waals surface area contributed by atoms with E-state index in [0.717, 1.165) is 6.92 Å². The van der Waals surface area contributed by atoms with Gasteiger partial charge < -0.3 is 24.5 Å². The van der Waals surface area contributed by atoms with Crippen molar-refractivity contribution in [1.29, 1.82) is 0 Å². The van der Waals surface area contributed by atoms with E-state index < -0.39 is 5.97 Å². The van der Waals surface area contributed by atoms with Crippen molar-refractivity contribution in [2.24, 2.45) is 0 Å². The molecule has 5 nitrogen and oxygen atoms in total. The Morgan fingerprint density at radius 1 is 1.50 bits per heavy atom. The first kappa shape index (κ1) is 19.5. The molecule has 14 heavy (non-hydrogen) atoms. The third-order valence-corrected chi connectivity index (χ3v) is 0.791. The van der Waals surface area contributed by atoms with E-state index in [-0.39, 0.29) is 25.6 Å². The topological polar surface area (TPSA) is 78.8 Å². The minimum absolute atomic E-state index is 0. The fraction of sp³-hybridized carbons (Fsp3) is 0.875. The van der Waals surface area contributed by atoms with E-state index in [4.69, 9.17) is 24.5 Å². The summed E-state index contributed by atoms with van der Waals surface area (Å²) in [4.78, 5) is 8.89. The van der Waals surface area contributed by atoms with Crippen LogP contribution in [0.3, 0.4) is 0 Å². The van der Waals surface area contributed by atoms with Gasteiger partial charge in [-0.2, -0.15) is 0 Å². The monoisotopic (exact) mass is 257 g/mol. The van der Waals surface area contributed by atoms with Crippen molar-refractivity contribution in [3.8, 4) is 0 Å². The summed E-state index contributed by atoms with van der Waals surface area (Å²) in [6.45, 7) is 4.20. The Bertz CT molecular complexity index is 114. The predicted molar refractivity (Wildman–Crippen MR) is 45.1 cm³/mol. The van der Waals surface area contributed by atoms with E-state index in [0.29, 0.717) is 19.8 Å². The van der Waals surface area contributed by atoms with Gasteiger partial charge in [-0.1, -0.05) is 0 Å². The Hall–Kier alpha value is -0.0266. The number of aliphatic hydroxyl groups is 1. The van der Waals surface area contributed by atoms with Crippen LogP contribution >= 0.6 is 0 Å². The number of ether oxygens (including phenoxy) is 2. The van der Waals surface area contributed by atoms with Crippen molar-refractivity contribution in [2.45, 2.75) is 20.0 Å². The molecule has 0 aliphatic rings. The molecule has 0 aliphatic carbocycles. The third kappa shape index (κ3) is 40.4. The molecule has 0 radical (unpaired) electrons. The Labute approximate surface area is 97.2 Å². The van der Waals surface area contributed by atoms with Gasteiger partial charge in [0, 0.05) is 32.6 Å². The molecule has 0 rings (SSSR count). The fourth-order valence-corrected chi connectivity index (χ4v) is 0.396. The summed E-state index contributed by atoms with van der Waals surface area (Å²) in [6.07, 6.45) is -0.373. The zero-order valence-corrected chi connectivity index (χ0v) is 12.0. The summed E-state index contributed by atoms with van der Waals surface area (Å²) in [5.41, 5.74) is 0. The second-order valence-electron chi connectivity index (χ2n) is 2.41. The minimum Gasteiger partial charge on any atom is -0.550 e. The number of rotatable bonds is 5. The predicted octanol–water partition coefficient (Wildman–Crippen LogP) is -1.22. The SMILES string of the molecule is CC(=O)[O-].COCCOCC(C)O.[Zn]. The molecule has 0 saturated heterocycles. The van der Waals surface area contributed by atoms with Crippen molar-refractivity contribution in [1.82, 2.24) is 0 Å². The Kier molecular flexibility index (Phi) is 21.5. The second-order valence-corrected chi connectivity index (χ2v) is 2.41. The molecule has 1 unspecified atom stereocenters. The normalized spacial score (nSPS) is 10.6. The molecule has 0 amide bonds. The number of aliphatic carboxylic acids is 1. The summed E-state index contributed by atoms with van der Waals surface area (Å²) in [7, 11) is 1.62. The smallest absolute Gasteiger partial charge is 0.0745 e. The third-order valence-electron chi connectivity index (χ3n) is 0.791. The maximum absolute atomic E-state index is 8.89. The first-order valence-electron chi connectivity index (χ1n) is 3.93. The van der Waals surface area contributed by atoms with Gasteiger partial charge in [0.1, 0.15) is 0 Å². The van der Waals surface area contributed by atoms with Crippen LogP contribution in [-0.4, -0.2) is 44.1 Å². The number of hydrogen-bond donors (Lipinski definition) is 1. The van der Waals surface area contributed by atoms with Gasteiger partial charge >= 0.3 is 0 Å². The van der Waals surface area contributed by atoms with E-state index >= 15 is 0 Å². The van der Waals surface area contributed by atoms with Crippen LogP contribution < -0.4 is 5.11 Å². The first-order valence-corrected chi connectivity index (χ1v) is 3.93. The van der Waals surface area contributed by atoms with Gasteiger partial charge in [0.25, 0.3) is 0 Å². The molecule has 0 aliphatic heterocycles. The largest absolute Gasteiger partial charge is 0.550 e. The molecule has 82 valence electrons. The van der Waals surface area contributed by atoms with Crippen molar-refractivity contribution in [3.63, 3.8) is 0 Å². The Morgan fingerprint density at radius 2 is 1.93 bits per heavy atom. The van der Waals surface area contributed by atoms with E-state index in [9.17, 15) is 0 Å². The number of methoxy groups -OCH3 is 1. The number of hydrogen-bond acceptors (Lipinski definition) is 5. The van der Waals surface area contributed by atoms with Gasteiger partial charge in [-0.3, -0.25) is 0 Å². The van der Waals surface area contributed by atoms with E-state index in [1.165, 1.54) is 0 Å². The van der Waals surface area contributed by atoms with Gasteiger partial charge in [0.15, 0.2) is 0 Å². The summed E-state index contributed by atoms with van der Waals surface area (Å²) in [5.74, 6) is -1.08. The van der Waals surface area contributed by atoms with Gasteiger partial charge in [-0.25, -0.2) is 0 Å². The zero-order chi connectivity index (χ0) is 10.7. The maximum atomic E-state index is 8.89. The molecule has 0 aromatic rings.